The Labute approximate surface area is 142 Å². The van der Waals surface area contributed by atoms with Crippen LogP contribution in [0, 0.1) is 6.92 Å². The van der Waals surface area contributed by atoms with Gasteiger partial charge >= 0.3 is 5.97 Å². The van der Waals surface area contributed by atoms with Crippen LogP contribution in [0.2, 0.25) is 0 Å². The van der Waals surface area contributed by atoms with Gasteiger partial charge in [0, 0.05) is 16.6 Å². The minimum absolute atomic E-state index is 0.00791. The van der Waals surface area contributed by atoms with Crippen LogP contribution in [0.25, 0.3) is 10.9 Å². The average Bonchev–Trinajstić information content (AvgIpc) is 2.90. The first-order chi connectivity index (χ1) is 11.6. The summed E-state index contributed by atoms with van der Waals surface area (Å²) in [6.45, 7) is 6.38. The third-order valence-corrected chi connectivity index (χ3v) is 3.67. The minimum atomic E-state index is -0.834. The van der Waals surface area contributed by atoms with Gasteiger partial charge in [-0.15, -0.1) is 0 Å². The largest absolute Gasteiger partial charge is 0.489 e. The van der Waals surface area contributed by atoms with Gasteiger partial charge in [-0.2, -0.15) is 0 Å². The molecule has 0 bridgehead atoms. The highest BCUT2D eigenvalue weighted by molar-refractivity contribution is 5.89. The molecule has 3 aromatic rings. The Morgan fingerprint density at radius 3 is 2.50 bits per heavy atom. The van der Waals surface area contributed by atoms with Gasteiger partial charge in [0.05, 0.1) is 6.42 Å². The Hall–Kier alpha value is -2.75. The third kappa shape index (κ3) is 4.16. The Balaban J connectivity index is 0.00000100. The number of rotatable bonds is 5. The topological polar surface area (TPSA) is 62.3 Å². The summed E-state index contributed by atoms with van der Waals surface area (Å²) in [5.41, 5.74) is 3.73. The van der Waals surface area contributed by atoms with Crippen LogP contribution in [-0.2, 0) is 17.8 Å². The molecule has 2 aromatic carbocycles. The molecule has 3 rings (SSSR count). The number of carboxylic acid groups (broad SMARTS) is 1. The number of fused-ring (bicyclic) bond motifs is 1. The van der Waals surface area contributed by atoms with E-state index >= 15 is 0 Å². The fourth-order valence-corrected chi connectivity index (χ4v) is 2.57. The van der Waals surface area contributed by atoms with Crippen molar-refractivity contribution >= 4 is 16.9 Å². The van der Waals surface area contributed by atoms with Gasteiger partial charge in [-0.25, -0.2) is 0 Å². The average molecular weight is 325 g/mol. The Morgan fingerprint density at radius 2 is 1.83 bits per heavy atom. The zero-order valence-corrected chi connectivity index (χ0v) is 14.3. The number of carboxylic acids is 1. The van der Waals surface area contributed by atoms with Crippen LogP contribution in [-0.4, -0.2) is 16.1 Å². The number of aliphatic carboxylic acids is 1. The van der Waals surface area contributed by atoms with Crippen LogP contribution in [0.5, 0.6) is 5.75 Å². The highest BCUT2D eigenvalue weighted by Gasteiger charge is 2.12. The summed E-state index contributed by atoms with van der Waals surface area (Å²) in [7, 11) is 0. The van der Waals surface area contributed by atoms with Crippen molar-refractivity contribution in [3.63, 3.8) is 0 Å². The Kier molecular flexibility index (Phi) is 6.01. The molecule has 0 atom stereocenters. The molecule has 0 aliphatic heterocycles. The molecule has 2 N–H and O–H groups in total. The molecule has 4 heteroatoms. The molecule has 126 valence electrons. The van der Waals surface area contributed by atoms with Crippen molar-refractivity contribution in [3.8, 4) is 5.75 Å². The van der Waals surface area contributed by atoms with Crippen molar-refractivity contribution in [1.82, 2.24) is 4.98 Å². The summed E-state index contributed by atoms with van der Waals surface area (Å²) < 4.78 is 5.81. The van der Waals surface area contributed by atoms with E-state index in [1.54, 1.807) is 0 Å². The molecule has 0 aliphatic carbocycles. The number of hydrogen-bond donors (Lipinski definition) is 2. The van der Waals surface area contributed by atoms with Crippen molar-refractivity contribution < 1.29 is 14.6 Å². The van der Waals surface area contributed by atoms with Crippen molar-refractivity contribution in [3.05, 3.63) is 65.4 Å². The zero-order valence-electron chi connectivity index (χ0n) is 14.3. The second-order valence-corrected chi connectivity index (χ2v) is 5.28. The van der Waals surface area contributed by atoms with Gasteiger partial charge in [-0.1, -0.05) is 44.2 Å². The van der Waals surface area contributed by atoms with E-state index < -0.39 is 5.97 Å². The number of carbonyl (C=O) groups is 1. The molecule has 0 unspecified atom stereocenters. The van der Waals surface area contributed by atoms with Crippen LogP contribution in [0.15, 0.2) is 48.5 Å². The molecule has 0 fully saturated rings. The van der Waals surface area contributed by atoms with E-state index in [1.165, 1.54) is 0 Å². The van der Waals surface area contributed by atoms with Crippen LogP contribution in [0.1, 0.15) is 30.7 Å². The summed E-state index contributed by atoms with van der Waals surface area (Å²) in [6, 6.07) is 15.7. The van der Waals surface area contributed by atoms with E-state index in [9.17, 15) is 4.79 Å². The second kappa shape index (κ2) is 8.20. The lowest BCUT2D eigenvalue weighted by Gasteiger charge is -2.07. The maximum Gasteiger partial charge on any atom is 0.307 e. The molecule has 1 aromatic heterocycles. The fraction of sp³-hybridized carbons (Fsp3) is 0.250. The van der Waals surface area contributed by atoms with Crippen LogP contribution in [0.3, 0.4) is 0 Å². The molecule has 0 amide bonds. The number of aromatic nitrogens is 1. The zero-order chi connectivity index (χ0) is 17.5. The van der Waals surface area contributed by atoms with E-state index in [0.717, 1.165) is 33.5 Å². The van der Waals surface area contributed by atoms with Gasteiger partial charge < -0.3 is 14.8 Å². The third-order valence-electron chi connectivity index (χ3n) is 3.67. The molecular weight excluding hydrogens is 302 g/mol. The standard InChI is InChI=1S/C18H17NO3.C2H6/c1-12-15(10-18(20)21)16-9-14(7-8-17(16)19-12)22-11-13-5-3-2-4-6-13;1-2/h2-9,19H,10-11H2,1H3,(H,20,21);1-2H3. The van der Waals surface area contributed by atoms with E-state index in [-0.39, 0.29) is 6.42 Å². The summed E-state index contributed by atoms with van der Waals surface area (Å²) in [5.74, 6) is -0.0957. The first kappa shape index (κ1) is 17.6. The van der Waals surface area contributed by atoms with Crippen molar-refractivity contribution in [1.29, 1.82) is 0 Å². The van der Waals surface area contributed by atoms with E-state index in [1.807, 2.05) is 69.3 Å². The van der Waals surface area contributed by atoms with Gasteiger partial charge in [0.1, 0.15) is 12.4 Å². The maximum absolute atomic E-state index is 11.0. The fourth-order valence-electron chi connectivity index (χ4n) is 2.57. The number of benzene rings is 2. The molecule has 0 aliphatic rings. The van der Waals surface area contributed by atoms with Crippen LogP contribution in [0.4, 0.5) is 0 Å². The summed E-state index contributed by atoms with van der Waals surface area (Å²) in [4.78, 5) is 14.2. The first-order valence-electron chi connectivity index (χ1n) is 8.13. The smallest absolute Gasteiger partial charge is 0.307 e. The predicted octanol–water partition coefficient (Wildman–Crippen LogP) is 4.71. The monoisotopic (exact) mass is 325 g/mol. The van der Waals surface area contributed by atoms with E-state index in [4.69, 9.17) is 9.84 Å². The van der Waals surface area contributed by atoms with Crippen molar-refractivity contribution in [2.45, 2.75) is 33.8 Å². The van der Waals surface area contributed by atoms with E-state index in [0.29, 0.717) is 6.61 Å². The van der Waals surface area contributed by atoms with Crippen molar-refractivity contribution in [2.75, 3.05) is 0 Å². The number of hydrogen-bond acceptors (Lipinski definition) is 2. The summed E-state index contributed by atoms with van der Waals surface area (Å²) >= 11 is 0. The predicted molar refractivity (Wildman–Crippen MR) is 96.5 cm³/mol. The van der Waals surface area contributed by atoms with Gasteiger partial charge in [0.2, 0.25) is 0 Å². The maximum atomic E-state index is 11.0. The van der Waals surface area contributed by atoms with Crippen LogP contribution < -0.4 is 4.74 Å². The number of ether oxygens (including phenoxy) is 1. The normalized spacial score (nSPS) is 10.1. The van der Waals surface area contributed by atoms with Crippen LogP contribution >= 0.6 is 0 Å². The second-order valence-electron chi connectivity index (χ2n) is 5.28. The lowest BCUT2D eigenvalue weighted by molar-refractivity contribution is -0.136. The first-order valence-corrected chi connectivity index (χ1v) is 8.13. The number of aromatic amines is 1. The molecule has 0 spiro atoms. The van der Waals surface area contributed by atoms with Gasteiger partial charge in [0.25, 0.3) is 0 Å². The molecule has 0 saturated carbocycles. The minimum Gasteiger partial charge on any atom is -0.489 e. The van der Waals surface area contributed by atoms with Gasteiger partial charge in [-0.05, 0) is 36.2 Å². The lowest BCUT2D eigenvalue weighted by Crippen LogP contribution is -2.00. The summed E-state index contributed by atoms with van der Waals surface area (Å²) in [5, 5.41) is 9.95. The molecule has 0 radical (unpaired) electrons. The quantitative estimate of drug-likeness (QED) is 0.714. The number of nitrogens with one attached hydrogen (secondary N) is 1. The number of aryl methyl sites for hydroxylation is 1. The Morgan fingerprint density at radius 1 is 1.12 bits per heavy atom. The Bertz CT molecular complexity index is 806. The lowest BCUT2D eigenvalue weighted by atomic mass is 10.1. The summed E-state index contributed by atoms with van der Waals surface area (Å²) in [6.07, 6.45) is 0.00791. The van der Waals surface area contributed by atoms with Gasteiger partial charge in [-0.3, -0.25) is 4.79 Å². The number of H-pyrrole nitrogens is 1. The molecular formula is C20H23NO3. The van der Waals surface area contributed by atoms with E-state index in [2.05, 4.69) is 4.98 Å². The molecule has 1 heterocycles. The molecule has 0 saturated heterocycles. The molecule has 24 heavy (non-hydrogen) atoms. The highest BCUT2D eigenvalue weighted by atomic mass is 16.5. The highest BCUT2D eigenvalue weighted by Crippen LogP contribution is 2.27. The molecule has 4 nitrogen and oxygen atoms in total. The SMILES string of the molecule is CC.Cc1[nH]c2ccc(OCc3ccccc3)cc2c1CC(=O)O. The van der Waals surface area contributed by atoms with Gasteiger partial charge in [0.15, 0.2) is 0 Å². The van der Waals surface area contributed by atoms with Crippen molar-refractivity contribution in [2.24, 2.45) is 0 Å².